The van der Waals surface area contributed by atoms with Crippen LogP contribution in [0, 0.1) is 0 Å². The van der Waals surface area contributed by atoms with Crippen LogP contribution in [-0.2, 0) is 6.42 Å². The van der Waals surface area contributed by atoms with Crippen LogP contribution in [0.2, 0.25) is 0 Å². The number of ether oxygens (including phenoxy) is 1. The number of aryl methyl sites for hydroxylation is 1. The molecule has 2 aromatic rings. The number of nitrogens with one attached hydrogen (secondary N) is 1. The number of likely N-dealkylation sites (N-methyl/N-ethyl adjacent to an activating group) is 1. The highest BCUT2D eigenvalue weighted by Crippen LogP contribution is 2.18. The van der Waals surface area contributed by atoms with Crippen LogP contribution in [0.15, 0.2) is 48.5 Å². The summed E-state index contributed by atoms with van der Waals surface area (Å²) in [6, 6.07) is 16.1. The lowest BCUT2D eigenvalue weighted by Gasteiger charge is -2.34. The van der Waals surface area contributed by atoms with Crippen molar-refractivity contribution in [3.05, 3.63) is 59.7 Å². The van der Waals surface area contributed by atoms with Gasteiger partial charge in [0, 0.05) is 38.4 Å². The van der Waals surface area contributed by atoms with Crippen LogP contribution in [0.1, 0.15) is 22.3 Å². The van der Waals surface area contributed by atoms with Crippen LogP contribution in [0.25, 0.3) is 0 Å². The molecule has 5 nitrogen and oxygen atoms in total. The molecule has 1 aliphatic heterocycles. The van der Waals surface area contributed by atoms with Crippen molar-refractivity contribution in [3.8, 4) is 5.75 Å². The van der Waals surface area contributed by atoms with E-state index in [0.717, 1.165) is 39.0 Å². The fourth-order valence-electron chi connectivity index (χ4n) is 3.36. The Labute approximate surface area is 161 Å². The maximum absolute atomic E-state index is 12.3. The number of methoxy groups -OCH3 is 1. The Morgan fingerprint density at radius 3 is 2.44 bits per heavy atom. The van der Waals surface area contributed by atoms with Gasteiger partial charge >= 0.3 is 0 Å². The average molecular weight is 367 g/mol. The van der Waals surface area contributed by atoms with Crippen LogP contribution >= 0.6 is 0 Å². The molecule has 0 atom stereocenters. The monoisotopic (exact) mass is 367 g/mol. The lowest BCUT2D eigenvalue weighted by molar-refractivity contribution is 0.0950. The second-order valence-electron chi connectivity index (χ2n) is 7.02. The molecule has 1 saturated heterocycles. The Morgan fingerprint density at radius 1 is 1.04 bits per heavy atom. The van der Waals surface area contributed by atoms with Crippen LogP contribution in [0.4, 0.5) is 5.69 Å². The summed E-state index contributed by atoms with van der Waals surface area (Å²) in [5.74, 6) is 0.521. The van der Waals surface area contributed by atoms with Gasteiger partial charge in [0.2, 0.25) is 0 Å². The van der Waals surface area contributed by atoms with Crippen LogP contribution in [-0.4, -0.2) is 57.7 Å². The normalized spacial score (nSPS) is 14.8. The van der Waals surface area contributed by atoms with E-state index in [0.29, 0.717) is 17.9 Å². The van der Waals surface area contributed by atoms with Crippen molar-refractivity contribution in [2.24, 2.45) is 0 Å². The molecular formula is C22H29N3O2. The van der Waals surface area contributed by atoms with E-state index in [2.05, 4.69) is 46.4 Å². The molecule has 0 aromatic heterocycles. The lowest BCUT2D eigenvalue weighted by Crippen LogP contribution is -2.44. The largest absolute Gasteiger partial charge is 0.496 e. The van der Waals surface area contributed by atoms with Crippen LogP contribution < -0.4 is 15.0 Å². The fraction of sp³-hybridized carbons (Fsp3) is 0.409. The van der Waals surface area contributed by atoms with Crippen LogP contribution in [0.5, 0.6) is 5.75 Å². The quantitative estimate of drug-likeness (QED) is 0.765. The number of amides is 1. The molecule has 144 valence electrons. The van der Waals surface area contributed by atoms with E-state index >= 15 is 0 Å². The second-order valence-corrected chi connectivity index (χ2v) is 7.02. The van der Waals surface area contributed by atoms with E-state index in [1.54, 1.807) is 19.2 Å². The minimum Gasteiger partial charge on any atom is -0.496 e. The zero-order valence-electron chi connectivity index (χ0n) is 16.3. The number of carbonyl (C=O) groups is 1. The number of piperazine rings is 1. The second kappa shape index (κ2) is 9.42. The zero-order chi connectivity index (χ0) is 19.1. The van der Waals surface area contributed by atoms with Crippen molar-refractivity contribution in [1.82, 2.24) is 10.2 Å². The van der Waals surface area contributed by atoms with Crippen molar-refractivity contribution < 1.29 is 9.53 Å². The molecule has 0 aliphatic carbocycles. The number of carbonyl (C=O) groups excluding carboxylic acids is 1. The first kappa shape index (κ1) is 19.2. The molecule has 2 aromatic carbocycles. The van der Waals surface area contributed by atoms with E-state index in [-0.39, 0.29) is 5.91 Å². The molecule has 1 N–H and O–H groups in total. The molecule has 3 rings (SSSR count). The first-order valence-electron chi connectivity index (χ1n) is 9.61. The summed E-state index contributed by atoms with van der Waals surface area (Å²) in [6.45, 7) is 5.06. The third kappa shape index (κ3) is 5.23. The van der Waals surface area contributed by atoms with Gasteiger partial charge in [0.25, 0.3) is 5.91 Å². The number of para-hydroxylation sites is 1. The van der Waals surface area contributed by atoms with E-state index in [1.165, 1.54) is 11.3 Å². The SMILES string of the molecule is COc1ccccc1C(=O)NCCCc1ccc(N2CCN(C)CC2)cc1. The zero-order valence-corrected chi connectivity index (χ0v) is 16.3. The number of benzene rings is 2. The van der Waals surface area contributed by atoms with Crippen molar-refractivity contribution in [3.63, 3.8) is 0 Å². The topological polar surface area (TPSA) is 44.8 Å². The minimum atomic E-state index is -0.0853. The highest BCUT2D eigenvalue weighted by Gasteiger charge is 2.14. The summed E-state index contributed by atoms with van der Waals surface area (Å²) in [7, 11) is 3.75. The predicted octanol–water partition coefficient (Wildman–Crippen LogP) is 2.81. The van der Waals surface area contributed by atoms with Gasteiger partial charge in [-0.15, -0.1) is 0 Å². The van der Waals surface area contributed by atoms with Gasteiger partial charge in [-0.1, -0.05) is 24.3 Å². The molecule has 27 heavy (non-hydrogen) atoms. The fourth-order valence-corrected chi connectivity index (χ4v) is 3.36. The first-order valence-corrected chi connectivity index (χ1v) is 9.61. The third-order valence-corrected chi connectivity index (χ3v) is 5.08. The van der Waals surface area contributed by atoms with Gasteiger partial charge in [0.05, 0.1) is 12.7 Å². The molecule has 1 heterocycles. The van der Waals surface area contributed by atoms with E-state index in [1.807, 2.05) is 12.1 Å². The van der Waals surface area contributed by atoms with Crippen molar-refractivity contribution >= 4 is 11.6 Å². The number of hydrogen-bond acceptors (Lipinski definition) is 4. The van der Waals surface area contributed by atoms with Gasteiger partial charge in [-0.05, 0) is 49.7 Å². The van der Waals surface area contributed by atoms with Gasteiger partial charge in [0.1, 0.15) is 5.75 Å². The molecule has 1 fully saturated rings. The van der Waals surface area contributed by atoms with Crippen LogP contribution in [0.3, 0.4) is 0 Å². The van der Waals surface area contributed by atoms with Gasteiger partial charge in [-0.25, -0.2) is 0 Å². The number of hydrogen-bond donors (Lipinski definition) is 1. The summed E-state index contributed by atoms with van der Waals surface area (Å²) in [5, 5.41) is 2.98. The van der Waals surface area contributed by atoms with E-state index in [9.17, 15) is 4.79 Å². The highest BCUT2D eigenvalue weighted by molar-refractivity contribution is 5.96. The van der Waals surface area contributed by atoms with Gasteiger partial charge in [0.15, 0.2) is 0 Å². The summed E-state index contributed by atoms with van der Waals surface area (Å²) in [5.41, 5.74) is 3.19. The number of rotatable bonds is 7. The average Bonchev–Trinajstić information content (AvgIpc) is 2.72. The minimum absolute atomic E-state index is 0.0853. The van der Waals surface area contributed by atoms with Gasteiger partial charge in [-0.3, -0.25) is 4.79 Å². The maximum atomic E-state index is 12.3. The predicted molar refractivity (Wildman–Crippen MR) is 110 cm³/mol. The van der Waals surface area contributed by atoms with E-state index < -0.39 is 0 Å². The molecule has 0 spiro atoms. The Balaban J connectivity index is 1.43. The Hall–Kier alpha value is -2.53. The van der Waals surface area contributed by atoms with Crippen molar-refractivity contribution in [2.75, 3.05) is 51.8 Å². The summed E-state index contributed by atoms with van der Waals surface area (Å²) in [4.78, 5) is 17.1. The number of anilines is 1. The highest BCUT2D eigenvalue weighted by atomic mass is 16.5. The molecule has 5 heteroatoms. The van der Waals surface area contributed by atoms with Gasteiger partial charge < -0.3 is 19.9 Å². The summed E-state index contributed by atoms with van der Waals surface area (Å²) >= 11 is 0. The standard InChI is InChI=1S/C22H29N3O2/c1-24-14-16-25(17-15-24)19-11-9-18(10-12-19)6-5-13-23-22(26)20-7-3-4-8-21(20)27-2/h3-4,7-12H,5-6,13-17H2,1-2H3,(H,23,26). The van der Waals surface area contributed by atoms with Crippen molar-refractivity contribution in [1.29, 1.82) is 0 Å². The Morgan fingerprint density at radius 2 is 1.74 bits per heavy atom. The smallest absolute Gasteiger partial charge is 0.255 e. The van der Waals surface area contributed by atoms with E-state index in [4.69, 9.17) is 4.74 Å². The molecule has 1 aliphatic rings. The molecule has 0 saturated carbocycles. The lowest BCUT2D eigenvalue weighted by atomic mass is 10.1. The van der Waals surface area contributed by atoms with Crippen molar-refractivity contribution in [2.45, 2.75) is 12.8 Å². The Bertz CT molecular complexity index is 737. The molecule has 1 amide bonds. The molecule has 0 radical (unpaired) electrons. The Kier molecular flexibility index (Phi) is 6.71. The molecule has 0 bridgehead atoms. The molecular weight excluding hydrogens is 338 g/mol. The summed E-state index contributed by atoms with van der Waals surface area (Å²) in [6.07, 6.45) is 1.87. The number of nitrogens with zero attached hydrogens (tertiary/aromatic N) is 2. The maximum Gasteiger partial charge on any atom is 0.255 e. The first-order chi connectivity index (χ1) is 13.2. The summed E-state index contributed by atoms with van der Waals surface area (Å²) < 4.78 is 5.24. The third-order valence-electron chi connectivity index (χ3n) is 5.08. The molecule has 0 unspecified atom stereocenters. The van der Waals surface area contributed by atoms with Gasteiger partial charge in [-0.2, -0.15) is 0 Å².